The number of para-hydroxylation sites is 1. The minimum absolute atomic E-state index is 0.195. The molecule has 0 saturated carbocycles. The van der Waals surface area contributed by atoms with E-state index in [2.05, 4.69) is 15.9 Å². The van der Waals surface area contributed by atoms with Gasteiger partial charge in [-0.15, -0.1) is 0 Å². The molecular formula is C33H30BrClN2O5S. The van der Waals surface area contributed by atoms with Crippen molar-refractivity contribution in [3.05, 3.63) is 124 Å². The fourth-order valence-corrected chi connectivity index (χ4v) is 6.60. The number of halogens is 2. The number of carbonyl (C=O) groups excluding carboxylic acids is 1. The molecule has 0 amide bonds. The number of fused-ring (bicyclic) bond motifs is 1. The van der Waals surface area contributed by atoms with E-state index in [1.807, 2.05) is 73.7 Å². The Balaban J connectivity index is 1.67. The van der Waals surface area contributed by atoms with Crippen LogP contribution in [0.5, 0.6) is 11.5 Å². The zero-order valence-electron chi connectivity index (χ0n) is 23.9. The lowest BCUT2D eigenvalue weighted by Crippen LogP contribution is -2.40. The second-order valence-corrected chi connectivity index (χ2v) is 12.1. The Labute approximate surface area is 266 Å². The van der Waals surface area contributed by atoms with Gasteiger partial charge in [0.15, 0.2) is 4.80 Å². The molecule has 1 aliphatic heterocycles. The number of ether oxygens (including phenoxy) is 3. The van der Waals surface area contributed by atoms with Crippen LogP contribution in [0.4, 0.5) is 0 Å². The maximum atomic E-state index is 14.2. The molecule has 1 atom stereocenters. The topological polar surface area (TPSA) is 79.1 Å². The summed E-state index contributed by atoms with van der Waals surface area (Å²) in [7, 11) is 1.57. The average molecular weight is 682 g/mol. The van der Waals surface area contributed by atoms with Crippen LogP contribution < -0.4 is 24.4 Å². The highest BCUT2D eigenvalue weighted by Gasteiger charge is 2.36. The number of benzene rings is 3. The lowest BCUT2D eigenvalue weighted by molar-refractivity contribution is -0.139. The summed E-state index contributed by atoms with van der Waals surface area (Å²) >= 11 is 11.0. The van der Waals surface area contributed by atoms with Crippen LogP contribution in [0.2, 0.25) is 5.02 Å². The first kappa shape index (κ1) is 30.8. The van der Waals surface area contributed by atoms with E-state index in [0.29, 0.717) is 55.7 Å². The molecule has 2 heterocycles. The normalized spacial score (nSPS) is 14.7. The van der Waals surface area contributed by atoms with Gasteiger partial charge in [-0.2, -0.15) is 0 Å². The third-order valence-corrected chi connectivity index (χ3v) is 8.58. The fraction of sp³-hybridized carbons (Fsp3) is 0.242. The summed E-state index contributed by atoms with van der Waals surface area (Å²) in [6.45, 7) is 4.29. The third-order valence-electron chi connectivity index (χ3n) is 6.87. The number of hydrogen-bond donors (Lipinski definition) is 0. The molecule has 0 bridgehead atoms. The molecule has 0 saturated heterocycles. The quantitative estimate of drug-likeness (QED) is 0.177. The van der Waals surface area contributed by atoms with Gasteiger partial charge >= 0.3 is 5.97 Å². The summed E-state index contributed by atoms with van der Waals surface area (Å²) in [5, 5.41) is 0.636. The summed E-state index contributed by atoms with van der Waals surface area (Å²) in [6, 6.07) is 19.8. The number of hydrogen-bond acceptors (Lipinski definition) is 7. The van der Waals surface area contributed by atoms with Gasteiger partial charge in [0, 0.05) is 20.6 Å². The molecule has 0 aliphatic carbocycles. The molecule has 1 aromatic heterocycles. The Kier molecular flexibility index (Phi) is 9.85. The number of aromatic nitrogens is 1. The Morgan fingerprint density at radius 1 is 1.09 bits per heavy atom. The monoisotopic (exact) mass is 680 g/mol. The maximum Gasteiger partial charge on any atom is 0.338 e. The molecule has 7 nitrogen and oxygen atoms in total. The summed E-state index contributed by atoms with van der Waals surface area (Å²) in [5.74, 6) is 0.662. The van der Waals surface area contributed by atoms with Gasteiger partial charge in [-0.1, -0.05) is 82.5 Å². The van der Waals surface area contributed by atoms with Crippen LogP contribution in [-0.4, -0.2) is 24.3 Å². The summed E-state index contributed by atoms with van der Waals surface area (Å²) < 4.78 is 20.2. The minimum Gasteiger partial charge on any atom is -0.496 e. The molecule has 4 aromatic rings. The van der Waals surface area contributed by atoms with Crippen molar-refractivity contribution in [3.8, 4) is 11.5 Å². The third kappa shape index (κ3) is 6.64. The molecule has 43 heavy (non-hydrogen) atoms. The van der Waals surface area contributed by atoms with Gasteiger partial charge in [0.2, 0.25) is 0 Å². The zero-order chi connectivity index (χ0) is 30.5. The van der Waals surface area contributed by atoms with Gasteiger partial charge in [0.25, 0.3) is 5.56 Å². The minimum atomic E-state index is -0.791. The Bertz CT molecular complexity index is 1880. The van der Waals surface area contributed by atoms with Gasteiger partial charge in [0.1, 0.15) is 24.1 Å². The van der Waals surface area contributed by atoms with Crippen molar-refractivity contribution >= 4 is 50.9 Å². The number of allylic oxidation sites excluding steroid dienone is 1. The van der Waals surface area contributed by atoms with E-state index in [1.54, 1.807) is 24.7 Å². The van der Waals surface area contributed by atoms with Gasteiger partial charge in [-0.05, 0) is 61.4 Å². The highest BCUT2D eigenvalue weighted by molar-refractivity contribution is 9.10. The maximum absolute atomic E-state index is 14.2. The number of esters is 1. The predicted molar refractivity (Wildman–Crippen MR) is 173 cm³/mol. The molecule has 0 unspecified atom stereocenters. The number of nitrogens with zero attached hydrogens (tertiary/aromatic N) is 2. The van der Waals surface area contributed by atoms with E-state index in [-0.39, 0.29) is 12.2 Å². The molecule has 0 fully saturated rings. The largest absolute Gasteiger partial charge is 0.496 e. The number of thiazole rings is 1. The zero-order valence-corrected chi connectivity index (χ0v) is 27.1. The van der Waals surface area contributed by atoms with E-state index in [9.17, 15) is 9.59 Å². The van der Waals surface area contributed by atoms with E-state index in [0.717, 1.165) is 22.0 Å². The summed E-state index contributed by atoms with van der Waals surface area (Å²) in [4.78, 5) is 33.0. The molecule has 0 spiro atoms. The van der Waals surface area contributed by atoms with Crippen LogP contribution in [0.3, 0.4) is 0 Å². The number of carbonyl (C=O) groups is 1. The number of rotatable bonds is 10. The lowest BCUT2D eigenvalue weighted by Gasteiger charge is -2.27. The lowest BCUT2D eigenvalue weighted by atomic mass is 9.93. The smallest absolute Gasteiger partial charge is 0.338 e. The van der Waals surface area contributed by atoms with Crippen molar-refractivity contribution in [2.24, 2.45) is 4.99 Å². The highest BCUT2D eigenvalue weighted by Crippen LogP contribution is 2.38. The van der Waals surface area contributed by atoms with Crippen molar-refractivity contribution in [3.63, 3.8) is 0 Å². The van der Waals surface area contributed by atoms with Crippen LogP contribution in [0.1, 0.15) is 49.4 Å². The molecule has 0 radical (unpaired) electrons. The van der Waals surface area contributed by atoms with Crippen molar-refractivity contribution in [2.75, 3.05) is 13.7 Å². The van der Waals surface area contributed by atoms with Crippen LogP contribution in [0.25, 0.3) is 6.08 Å². The molecule has 0 N–H and O–H groups in total. The first-order valence-corrected chi connectivity index (χ1v) is 15.8. The predicted octanol–water partition coefficient (Wildman–Crippen LogP) is 6.58. The fourth-order valence-electron chi connectivity index (χ4n) is 4.99. The van der Waals surface area contributed by atoms with Gasteiger partial charge in [-0.25, -0.2) is 9.79 Å². The van der Waals surface area contributed by atoms with Crippen molar-refractivity contribution in [1.82, 2.24) is 4.57 Å². The SMILES string of the molecule is CCCC1=C(C(=O)OCC)[C@H](c2cc(Br)ccc2OC)n2c(s/c(=C/c3ccccc3OCc3cccc(Cl)c3)c2=O)=N1. The Morgan fingerprint density at radius 2 is 1.91 bits per heavy atom. The number of methoxy groups -OCH3 is 1. The van der Waals surface area contributed by atoms with E-state index >= 15 is 0 Å². The van der Waals surface area contributed by atoms with E-state index in [1.165, 1.54) is 11.3 Å². The van der Waals surface area contributed by atoms with Crippen LogP contribution in [0, 0.1) is 0 Å². The summed E-state index contributed by atoms with van der Waals surface area (Å²) in [6.07, 6.45) is 3.11. The van der Waals surface area contributed by atoms with E-state index in [4.69, 9.17) is 30.8 Å². The Morgan fingerprint density at radius 3 is 2.65 bits per heavy atom. The molecular weight excluding hydrogens is 652 g/mol. The molecule has 5 rings (SSSR count). The van der Waals surface area contributed by atoms with Crippen LogP contribution in [0.15, 0.2) is 92.3 Å². The first-order chi connectivity index (χ1) is 20.8. The summed E-state index contributed by atoms with van der Waals surface area (Å²) in [5.41, 5.74) is 2.99. The highest BCUT2D eigenvalue weighted by atomic mass is 79.9. The molecule has 222 valence electrons. The van der Waals surface area contributed by atoms with E-state index < -0.39 is 12.0 Å². The molecule has 1 aliphatic rings. The van der Waals surface area contributed by atoms with Crippen molar-refractivity contribution in [2.45, 2.75) is 39.3 Å². The van der Waals surface area contributed by atoms with Gasteiger partial charge < -0.3 is 14.2 Å². The second kappa shape index (κ2) is 13.8. The van der Waals surface area contributed by atoms with Crippen LogP contribution >= 0.6 is 38.9 Å². The Hall–Kier alpha value is -3.66. The molecule has 10 heteroatoms. The molecule has 3 aromatic carbocycles. The second-order valence-electron chi connectivity index (χ2n) is 9.76. The first-order valence-electron chi connectivity index (χ1n) is 13.9. The van der Waals surface area contributed by atoms with Crippen molar-refractivity contribution in [1.29, 1.82) is 0 Å². The van der Waals surface area contributed by atoms with Gasteiger partial charge in [0.05, 0.1) is 29.5 Å². The standard InChI is InChI=1S/C33H30BrClN2O5S/c1-4-9-25-29(32(39)41-5-2)30(24-18-22(34)14-15-27(24)40-3)37-31(38)28(43-33(37)36-25)17-21-11-6-7-13-26(21)42-19-20-10-8-12-23(35)16-20/h6-8,10-18,30H,4-5,9,19H2,1-3H3/b28-17+/t30-/m0/s1. The van der Waals surface area contributed by atoms with Gasteiger partial charge in [-0.3, -0.25) is 9.36 Å². The van der Waals surface area contributed by atoms with Crippen molar-refractivity contribution < 1.29 is 19.0 Å². The average Bonchev–Trinajstić information content (AvgIpc) is 3.30. The van der Waals surface area contributed by atoms with Crippen LogP contribution in [-0.2, 0) is 16.1 Å².